The zero-order valence-corrected chi connectivity index (χ0v) is 17.4. The molecule has 3 aliphatic rings. The molecule has 2 nitrogen and oxygen atoms in total. The van der Waals surface area contributed by atoms with E-state index < -0.39 is 23.4 Å². The SMILES string of the molecule is C=CC1CCC(C2CCC3C(CCCC3C(=O)Oc3cc(F)c(F)c(F)c3)C2)CC1. The van der Waals surface area contributed by atoms with Crippen LogP contribution >= 0.6 is 0 Å². The molecule has 5 heteroatoms. The summed E-state index contributed by atoms with van der Waals surface area (Å²) < 4.78 is 45.4. The van der Waals surface area contributed by atoms with Crippen molar-refractivity contribution >= 4 is 5.97 Å². The van der Waals surface area contributed by atoms with Crippen molar-refractivity contribution in [3.8, 4) is 5.75 Å². The molecule has 4 atom stereocenters. The van der Waals surface area contributed by atoms with Crippen LogP contribution in [-0.2, 0) is 4.79 Å². The third kappa shape index (κ3) is 4.45. The topological polar surface area (TPSA) is 26.3 Å². The summed E-state index contributed by atoms with van der Waals surface area (Å²) in [4.78, 5) is 12.8. The van der Waals surface area contributed by atoms with Crippen LogP contribution in [0.25, 0.3) is 0 Å². The van der Waals surface area contributed by atoms with Crippen LogP contribution in [0.2, 0.25) is 0 Å². The van der Waals surface area contributed by atoms with Gasteiger partial charge in [-0.1, -0.05) is 18.9 Å². The highest BCUT2D eigenvalue weighted by atomic mass is 19.2. The van der Waals surface area contributed by atoms with Gasteiger partial charge in [0.05, 0.1) is 5.92 Å². The van der Waals surface area contributed by atoms with E-state index in [1.807, 2.05) is 0 Å². The van der Waals surface area contributed by atoms with Crippen molar-refractivity contribution in [2.45, 2.75) is 64.2 Å². The summed E-state index contributed by atoms with van der Waals surface area (Å²) in [7, 11) is 0. The number of halogens is 3. The number of fused-ring (bicyclic) bond motifs is 1. The first kappa shape index (κ1) is 21.5. The molecule has 3 aliphatic carbocycles. The Balaban J connectivity index is 1.38. The Bertz CT molecular complexity index is 762. The summed E-state index contributed by atoms with van der Waals surface area (Å²) in [6, 6.07) is 1.49. The Morgan fingerprint density at radius 1 is 0.900 bits per heavy atom. The summed E-state index contributed by atoms with van der Waals surface area (Å²) in [6.45, 7) is 3.94. The van der Waals surface area contributed by atoms with E-state index in [0.29, 0.717) is 11.8 Å². The van der Waals surface area contributed by atoms with Gasteiger partial charge in [0, 0.05) is 12.1 Å². The molecule has 1 aromatic carbocycles. The van der Waals surface area contributed by atoms with Crippen LogP contribution in [0.5, 0.6) is 5.75 Å². The lowest BCUT2D eigenvalue weighted by Crippen LogP contribution is -2.40. The zero-order chi connectivity index (χ0) is 21.3. The van der Waals surface area contributed by atoms with E-state index in [2.05, 4.69) is 12.7 Å². The average Bonchev–Trinajstić information content (AvgIpc) is 2.76. The van der Waals surface area contributed by atoms with E-state index in [0.717, 1.165) is 56.1 Å². The number of carbonyl (C=O) groups is 1. The van der Waals surface area contributed by atoms with Gasteiger partial charge >= 0.3 is 5.97 Å². The minimum atomic E-state index is -1.55. The van der Waals surface area contributed by atoms with E-state index in [9.17, 15) is 18.0 Å². The van der Waals surface area contributed by atoms with E-state index >= 15 is 0 Å². The minimum Gasteiger partial charge on any atom is -0.426 e. The summed E-state index contributed by atoms with van der Waals surface area (Å²) in [5, 5.41) is 0. The average molecular weight is 421 g/mol. The van der Waals surface area contributed by atoms with E-state index in [-0.39, 0.29) is 17.6 Å². The molecule has 4 rings (SSSR count). The van der Waals surface area contributed by atoms with Crippen LogP contribution in [0.4, 0.5) is 13.2 Å². The number of allylic oxidation sites excluding steroid dienone is 1. The van der Waals surface area contributed by atoms with Gasteiger partial charge in [-0.15, -0.1) is 6.58 Å². The molecule has 0 bridgehead atoms. The molecule has 0 radical (unpaired) electrons. The molecule has 0 N–H and O–H groups in total. The Morgan fingerprint density at radius 2 is 1.57 bits per heavy atom. The van der Waals surface area contributed by atoms with Gasteiger partial charge in [0.2, 0.25) is 0 Å². The fourth-order valence-electron chi connectivity index (χ4n) is 6.36. The normalized spacial score (nSPS) is 34.1. The highest BCUT2D eigenvalue weighted by molar-refractivity contribution is 5.75. The number of hydrogen-bond donors (Lipinski definition) is 0. The highest BCUT2D eigenvalue weighted by Crippen LogP contribution is 2.50. The van der Waals surface area contributed by atoms with Crippen LogP contribution in [0, 0.1) is 53.0 Å². The maximum atomic E-state index is 13.5. The largest absolute Gasteiger partial charge is 0.426 e. The number of hydrogen-bond acceptors (Lipinski definition) is 2. The molecule has 1 aromatic rings. The number of carbonyl (C=O) groups excluding carboxylic acids is 1. The van der Waals surface area contributed by atoms with Crippen molar-refractivity contribution in [3.63, 3.8) is 0 Å². The van der Waals surface area contributed by atoms with Gasteiger partial charge < -0.3 is 4.74 Å². The van der Waals surface area contributed by atoms with Gasteiger partial charge in [-0.05, 0) is 81.0 Å². The summed E-state index contributed by atoms with van der Waals surface area (Å²) in [6.07, 6.45) is 13.4. The third-order valence-corrected chi connectivity index (χ3v) is 7.98. The van der Waals surface area contributed by atoms with Crippen molar-refractivity contribution in [2.24, 2.45) is 35.5 Å². The predicted octanol–water partition coefficient (Wildman–Crippen LogP) is 6.83. The van der Waals surface area contributed by atoms with E-state index in [1.54, 1.807) is 0 Å². The van der Waals surface area contributed by atoms with Gasteiger partial charge in [0.15, 0.2) is 17.5 Å². The van der Waals surface area contributed by atoms with Gasteiger partial charge in [0.25, 0.3) is 0 Å². The van der Waals surface area contributed by atoms with Crippen molar-refractivity contribution in [1.82, 2.24) is 0 Å². The lowest BCUT2D eigenvalue weighted by Gasteiger charge is -2.45. The highest BCUT2D eigenvalue weighted by Gasteiger charge is 2.43. The van der Waals surface area contributed by atoms with Gasteiger partial charge in [-0.2, -0.15) is 0 Å². The van der Waals surface area contributed by atoms with Crippen molar-refractivity contribution < 1.29 is 22.7 Å². The van der Waals surface area contributed by atoms with Gasteiger partial charge in [-0.25, -0.2) is 13.2 Å². The Morgan fingerprint density at radius 3 is 2.23 bits per heavy atom. The second kappa shape index (κ2) is 9.15. The van der Waals surface area contributed by atoms with Crippen LogP contribution in [0.1, 0.15) is 64.2 Å². The molecule has 3 saturated carbocycles. The molecule has 0 amide bonds. The van der Waals surface area contributed by atoms with Crippen molar-refractivity contribution in [3.05, 3.63) is 42.2 Å². The molecular weight excluding hydrogens is 389 g/mol. The zero-order valence-electron chi connectivity index (χ0n) is 17.4. The van der Waals surface area contributed by atoms with Crippen LogP contribution in [0.15, 0.2) is 24.8 Å². The Kier molecular flexibility index (Phi) is 6.54. The number of rotatable bonds is 4. The van der Waals surface area contributed by atoms with Crippen LogP contribution in [-0.4, -0.2) is 5.97 Å². The molecular formula is C25H31F3O2. The number of benzene rings is 1. The smallest absolute Gasteiger partial charge is 0.314 e. The first-order valence-electron chi connectivity index (χ1n) is 11.4. The molecule has 3 fully saturated rings. The summed E-state index contributed by atoms with van der Waals surface area (Å²) in [5.74, 6) is -2.15. The van der Waals surface area contributed by atoms with E-state index in [4.69, 9.17) is 4.74 Å². The summed E-state index contributed by atoms with van der Waals surface area (Å²) >= 11 is 0. The minimum absolute atomic E-state index is 0.239. The molecule has 0 aliphatic heterocycles. The lowest BCUT2D eigenvalue weighted by atomic mass is 9.59. The molecule has 0 saturated heterocycles. The quantitative estimate of drug-likeness (QED) is 0.231. The molecule has 0 aromatic heterocycles. The van der Waals surface area contributed by atoms with Crippen molar-refractivity contribution in [1.29, 1.82) is 0 Å². The fourth-order valence-corrected chi connectivity index (χ4v) is 6.36. The van der Waals surface area contributed by atoms with E-state index in [1.165, 1.54) is 32.1 Å². The molecule has 0 spiro atoms. The maximum absolute atomic E-state index is 13.5. The monoisotopic (exact) mass is 420 g/mol. The maximum Gasteiger partial charge on any atom is 0.314 e. The third-order valence-electron chi connectivity index (χ3n) is 7.98. The first-order valence-corrected chi connectivity index (χ1v) is 11.4. The lowest BCUT2D eigenvalue weighted by molar-refractivity contribution is -0.144. The predicted molar refractivity (Wildman–Crippen MR) is 109 cm³/mol. The Labute approximate surface area is 176 Å². The Hall–Kier alpha value is -1.78. The van der Waals surface area contributed by atoms with Gasteiger partial charge in [0.1, 0.15) is 5.75 Å². The standard InChI is InChI=1S/C25H31F3O2/c1-2-15-6-8-16(9-7-15)17-10-11-20-18(12-17)4-3-5-21(20)25(29)30-19-13-22(26)24(28)23(27)14-19/h2,13-18,20-21H,1,3-12H2. The second-order valence-corrected chi connectivity index (χ2v) is 9.57. The van der Waals surface area contributed by atoms with Crippen LogP contribution in [0.3, 0.4) is 0 Å². The van der Waals surface area contributed by atoms with Crippen LogP contribution < -0.4 is 4.74 Å². The molecule has 30 heavy (non-hydrogen) atoms. The number of ether oxygens (including phenoxy) is 1. The molecule has 0 heterocycles. The molecule has 4 unspecified atom stereocenters. The first-order chi connectivity index (χ1) is 14.5. The fraction of sp³-hybridized carbons (Fsp3) is 0.640. The summed E-state index contributed by atoms with van der Waals surface area (Å²) in [5.41, 5.74) is 0. The van der Waals surface area contributed by atoms with Gasteiger partial charge in [-0.3, -0.25) is 4.79 Å². The second-order valence-electron chi connectivity index (χ2n) is 9.57. The van der Waals surface area contributed by atoms with Crippen molar-refractivity contribution in [2.75, 3.05) is 0 Å². The molecule has 164 valence electrons. The number of esters is 1.